The Labute approximate surface area is 133 Å². The molecule has 116 valence electrons. The van der Waals surface area contributed by atoms with E-state index in [0.717, 1.165) is 5.56 Å². The number of nitrogens with zero attached hydrogens (tertiary/aromatic N) is 2. The third-order valence-corrected chi connectivity index (χ3v) is 4.02. The smallest absolute Gasteiger partial charge is 0.303 e. The molecule has 1 amide bonds. The Morgan fingerprint density at radius 1 is 1.27 bits per heavy atom. The first-order valence-electron chi connectivity index (χ1n) is 7.04. The van der Waals surface area contributed by atoms with E-state index in [1.165, 1.54) is 11.5 Å². The summed E-state index contributed by atoms with van der Waals surface area (Å²) in [4.78, 5) is 25.0. The summed E-state index contributed by atoms with van der Waals surface area (Å²) in [6.07, 6.45) is 0.490. The fourth-order valence-corrected chi connectivity index (χ4v) is 2.83. The lowest BCUT2D eigenvalue weighted by atomic mass is 10.1. The SMILES string of the molecule is Cc1nscc1C(=O)N(CCCC(=O)O)Cc1ccccc1. The van der Waals surface area contributed by atoms with Gasteiger partial charge in [0.25, 0.3) is 5.91 Å². The van der Waals surface area contributed by atoms with Crippen molar-refractivity contribution in [2.24, 2.45) is 0 Å². The number of aliphatic carboxylic acids is 1. The molecule has 0 saturated heterocycles. The molecule has 0 spiro atoms. The van der Waals surface area contributed by atoms with Gasteiger partial charge in [-0.2, -0.15) is 4.37 Å². The molecule has 0 radical (unpaired) electrons. The van der Waals surface area contributed by atoms with Crippen molar-refractivity contribution in [3.05, 3.63) is 52.5 Å². The number of hydrogen-bond donors (Lipinski definition) is 1. The minimum atomic E-state index is -0.847. The van der Waals surface area contributed by atoms with Crippen LogP contribution < -0.4 is 0 Å². The zero-order valence-corrected chi connectivity index (χ0v) is 13.2. The van der Waals surface area contributed by atoms with E-state index < -0.39 is 5.97 Å². The highest BCUT2D eigenvalue weighted by atomic mass is 32.1. The molecule has 0 aliphatic carbocycles. The van der Waals surface area contributed by atoms with E-state index in [1.807, 2.05) is 37.3 Å². The zero-order valence-electron chi connectivity index (χ0n) is 12.4. The normalized spacial score (nSPS) is 10.4. The van der Waals surface area contributed by atoms with Gasteiger partial charge in [-0.15, -0.1) is 0 Å². The maximum atomic E-state index is 12.7. The molecule has 2 rings (SSSR count). The van der Waals surface area contributed by atoms with Gasteiger partial charge < -0.3 is 10.0 Å². The molecule has 2 aromatic rings. The van der Waals surface area contributed by atoms with Crippen LogP contribution in [0.1, 0.15) is 34.5 Å². The van der Waals surface area contributed by atoms with Crippen LogP contribution in [0.15, 0.2) is 35.7 Å². The van der Waals surface area contributed by atoms with E-state index in [2.05, 4.69) is 4.37 Å². The van der Waals surface area contributed by atoms with Gasteiger partial charge in [0.2, 0.25) is 0 Å². The third-order valence-electron chi connectivity index (χ3n) is 3.30. The number of carboxylic acids is 1. The maximum Gasteiger partial charge on any atom is 0.303 e. The zero-order chi connectivity index (χ0) is 15.9. The van der Waals surface area contributed by atoms with E-state index in [4.69, 9.17) is 5.11 Å². The summed E-state index contributed by atoms with van der Waals surface area (Å²) in [5.41, 5.74) is 2.33. The predicted octanol–water partition coefficient (Wildman–Crippen LogP) is 2.96. The first-order chi connectivity index (χ1) is 10.6. The highest BCUT2D eigenvalue weighted by molar-refractivity contribution is 7.03. The molecule has 0 fully saturated rings. The second kappa shape index (κ2) is 7.70. The standard InChI is InChI=1S/C16H18N2O3S/c1-12-14(11-22-17-12)16(21)18(9-5-8-15(19)20)10-13-6-3-2-4-7-13/h2-4,6-7,11H,5,8-10H2,1H3,(H,19,20). The van der Waals surface area contributed by atoms with Gasteiger partial charge in [0.05, 0.1) is 11.3 Å². The molecule has 1 heterocycles. The molecule has 5 nitrogen and oxygen atoms in total. The lowest BCUT2D eigenvalue weighted by molar-refractivity contribution is -0.137. The Morgan fingerprint density at radius 3 is 2.59 bits per heavy atom. The molecule has 1 aromatic carbocycles. The van der Waals surface area contributed by atoms with Crippen LogP contribution in [0.3, 0.4) is 0 Å². The van der Waals surface area contributed by atoms with E-state index in [-0.39, 0.29) is 12.3 Å². The van der Waals surface area contributed by atoms with Gasteiger partial charge in [0.1, 0.15) is 0 Å². The van der Waals surface area contributed by atoms with Crippen LogP contribution in [-0.2, 0) is 11.3 Å². The Balaban J connectivity index is 2.12. The number of benzene rings is 1. The highest BCUT2D eigenvalue weighted by Gasteiger charge is 2.19. The summed E-state index contributed by atoms with van der Waals surface area (Å²) < 4.78 is 4.14. The Morgan fingerprint density at radius 2 is 2.00 bits per heavy atom. The molecular formula is C16H18N2O3S. The van der Waals surface area contributed by atoms with Crippen molar-refractivity contribution >= 4 is 23.4 Å². The lowest BCUT2D eigenvalue weighted by Crippen LogP contribution is -2.32. The maximum absolute atomic E-state index is 12.7. The Bertz CT molecular complexity index is 640. The first kappa shape index (κ1) is 16.2. The molecule has 6 heteroatoms. The predicted molar refractivity (Wildman–Crippen MR) is 84.9 cm³/mol. The van der Waals surface area contributed by atoms with Crippen molar-refractivity contribution in [1.82, 2.24) is 9.27 Å². The van der Waals surface area contributed by atoms with Crippen LogP contribution in [0.2, 0.25) is 0 Å². The van der Waals surface area contributed by atoms with Gasteiger partial charge in [-0.25, -0.2) is 0 Å². The van der Waals surface area contributed by atoms with Crippen LogP contribution in [0.25, 0.3) is 0 Å². The average Bonchev–Trinajstić information content (AvgIpc) is 2.92. The van der Waals surface area contributed by atoms with E-state index in [0.29, 0.717) is 30.8 Å². The molecule has 1 N–H and O–H groups in total. The van der Waals surface area contributed by atoms with Crippen LogP contribution in [0.4, 0.5) is 0 Å². The monoisotopic (exact) mass is 318 g/mol. The van der Waals surface area contributed by atoms with Crippen molar-refractivity contribution in [2.45, 2.75) is 26.3 Å². The van der Waals surface area contributed by atoms with Crippen LogP contribution in [0.5, 0.6) is 0 Å². The number of carbonyl (C=O) groups is 2. The molecular weight excluding hydrogens is 300 g/mol. The quantitative estimate of drug-likeness (QED) is 0.852. The molecule has 0 saturated carbocycles. The molecule has 1 aromatic heterocycles. The molecule has 0 unspecified atom stereocenters. The fourth-order valence-electron chi connectivity index (χ4n) is 2.15. The minimum absolute atomic E-state index is 0.0550. The number of aromatic nitrogens is 1. The summed E-state index contributed by atoms with van der Waals surface area (Å²) in [6, 6.07) is 9.68. The van der Waals surface area contributed by atoms with Gasteiger partial charge in [-0.3, -0.25) is 9.59 Å². The topological polar surface area (TPSA) is 70.5 Å². The number of hydrogen-bond acceptors (Lipinski definition) is 4. The molecule has 0 aliphatic heterocycles. The van der Waals surface area contributed by atoms with E-state index >= 15 is 0 Å². The number of rotatable bonds is 7. The average molecular weight is 318 g/mol. The summed E-state index contributed by atoms with van der Waals surface area (Å²) in [5, 5.41) is 10.5. The van der Waals surface area contributed by atoms with Gasteiger partial charge in [-0.05, 0) is 30.4 Å². The summed E-state index contributed by atoms with van der Waals surface area (Å²) in [7, 11) is 0. The largest absolute Gasteiger partial charge is 0.481 e. The fraction of sp³-hybridized carbons (Fsp3) is 0.312. The lowest BCUT2D eigenvalue weighted by Gasteiger charge is -2.22. The first-order valence-corrected chi connectivity index (χ1v) is 7.87. The van der Waals surface area contributed by atoms with Gasteiger partial charge in [0.15, 0.2) is 0 Å². The third kappa shape index (κ3) is 4.39. The Hall–Kier alpha value is -2.21. The summed E-state index contributed by atoms with van der Waals surface area (Å²) >= 11 is 1.26. The second-order valence-electron chi connectivity index (χ2n) is 5.02. The highest BCUT2D eigenvalue weighted by Crippen LogP contribution is 2.15. The van der Waals surface area contributed by atoms with Crippen molar-refractivity contribution in [3.8, 4) is 0 Å². The van der Waals surface area contributed by atoms with Crippen molar-refractivity contribution in [2.75, 3.05) is 6.54 Å². The van der Waals surface area contributed by atoms with Crippen molar-refractivity contribution in [3.63, 3.8) is 0 Å². The number of aryl methyl sites for hydroxylation is 1. The second-order valence-corrected chi connectivity index (χ2v) is 5.65. The summed E-state index contributed by atoms with van der Waals surface area (Å²) in [6.45, 7) is 2.69. The molecule has 0 atom stereocenters. The molecule has 0 aliphatic rings. The number of carbonyl (C=O) groups excluding carboxylic acids is 1. The summed E-state index contributed by atoms with van der Waals surface area (Å²) in [5.74, 6) is -0.944. The van der Waals surface area contributed by atoms with Crippen LogP contribution in [-0.4, -0.2) is 32.8 Å². The number of carboxylic acid groups (broad SMARTS) is 1. The minimum Gasteiger partial charge on any atom is -0.481 e. The van der Waals surface area contributed by atoms with Crippen LogP contribution >= 0.6 is 11.5 Å². The molecule has 0 bridgehead atoms. The van der Waals surface area contributed by atoms with Gasteiger partial charge >= 0.3 is 5.97 Å². The number of amides is 1. The van der Waals surface area contributed by atoms with Gasteiger partial charge in [-0.1, -0.05) is 30.3 Å². The van der Waals surface area contributed by atoms with E-state index in [1.54, 1.807) is 10.3 Å². The van der Waals surface area contributed by atoms with Crippen molar-refractivity contribution in [1.29, 1.82) is 0 Å². The van der Waals surface area contributed by atoms with Gasteiger partial charge in [0, 0.05) is 24.9 Å². The van der Waals surface area contributed by atoms with Crippen molar-refractivity contribution < 1.29 is 14.7 Å². The van der Waals surface area contributed by atoms with E-state index in [9.17, 15) is 9.59 Å². The Kier molecular flexibility index (Phi) is 5.66. The molecule has 22 heavy (non-hydrogen) atoms. The van der Waals surface area contributed by atoms with Crippen LogP contribution in [0, 0.1) is 6.92 Å².